The van der Waals surface area contributed by atoms with Crippen LogP contribution in [0.4, 0.5) is 5.69 Å². The zero-order valence-electron chi connectivity index (χ0n) is 23.6. The van der Waals surface area contributed by atoms with Crippen LogP contribution in [0.1, 0.15) is 51.3 Å². The summed E-state index contributed by atoms with van der Waals surface area (Å²) in [5.41, 5.74) is 0.0763. The molecule has 39 heavy (non-hydrogen) atoms. The number of aliphatic carboxylic acids is 1. The third-order valence-corrected chi connectivity index (χ3v) is 8.75. The van der Waals surface area contributed by atoms with Crippen LogP contribution >= 0.6 is 11.8 Å². The lowest BCUT2D eigenvalue weighted by Crippen LogP contribution is -2.75. The van der Waals surface area contributed by atoms with Gasteiger partial charge in [-0.1, -0.05) is 39.0 Å². The number of ketones is 1. The molecule has 4 atom stereocenters. The number of thioether (sulfide) groups is 1. The van der Waals surface area contributed by atoms with Gasteiger partial charge in [0.25, 0.3) is 0 Å². The van der Waals surface area contributed by atoms with E-state index in [1.54, 1.807) is 18.9 Å². The molecule has 2 N–H and O–H groups in total. The van der Waals surface area contributed by atoms with Crippen molar-refractivity contribution in [1.82, 2.24) is 9.80 Å². The summed E-state index contributed by atoms with van der Waals surface area (Å²) in [4.78, 5) is 41.9. The number of Topliss-reactive ketones (excluding diaryl/α,β-unsaturated/α-hetero) is 1. The molecule has 2 aliphatic heterocycles. The molecule has 0 radical (unpaired) electrons. The Morgan fingerprint density at radius 3 is 2.54 bits per heavy atom. The van der Waals surface area contributed by atoms with Gasteiger partial charge in [0.15, 0.2) is 17.8 Å². The van der Waals surface area contributed by atoms with E-state index in [1.807, 2.05) is 69.5 Å². The summed E-state index contributed by atoms with van der Waals surface area (Å²) in [7, 11) is 1.60. The molecule has 1 amide bonds. The molecule has 2 unspecified atom stereocenters. The molecule has 210 valence electrons. The molecule has 8 nitrogen and oxygen atoms in total. The number of carbonyl (C=O) groups is 3. The molecule has 0 aliphatic carbocycles. The van der Waals surface area contributed by atoms with E-state index >= 15 is 0 Å². The number of hydrogen-bond acceptors (Lipinski definition) is 7. The quantitative estimate of drug-likeness (QED) is 0.294. The maximum absolute atomic E-state index is 14.6. The van der Waals surface area contributed by atoms with Crippen LogP contribution in [-0.4, -0.2) is 68.4 Å². The first kappa shape index (κ1) is 29.3. The Hall–Kier alpha value is -2.72. The molecule has 2 aliphatic rings. The van der Waals surface area contributed by atoms with E-state index < -0.39 is 29.3 Å². The summed E-state index contributed by atoms with van der Waals surface area (Å²) in [6.07, 6.45) is 1.71. The third kappa shape index (κ3) is 5.01. The predicted molar refractivity (Wildman–Crippen MR) is 152 cm³/mol. The van der Waals surface area contributed by atoms with Gasteiger partial charge in [-0.3, -0.25) is 9.59 Å². The lowest BCUT2D eigenvalue weighted by molar-refractivity contribution is -0.164. The van der Waals surface area contributed by atoms with E-state index in [4.69, 9.17) is 9.47 Å². The van der Waals surface area contributed by atoms with E-state index in [-0.39, 0.29) is 29.0 Å². The Labute approximate surface area is 234 Å². The van der Waals surface area contributed by atoms with Crippen molar-refractivity contribution >= 4 is 35.1 Å². The number of rotatable bonds is 7. The first-order chi connectivity index (χ1) is 18.4. The summed E-state index contributed by atoms with van der Waals surface area (Å²) in [6, 6.07) is 12.7. The number of benzene rings is 2. The summed E-state index contributed by atoms with van der Waals surface area (Å²) >= 11 is 1.58. The lowest BCUT2D eigenvalue weighted by Gasteiger charge is -2.51. The summed E-state index contributed by atoms with van der Waals surface area (Å²) in [5, 5.41) is 13.8. The lowest BCUT2D eigenvalue weighted by atomic mass is 9.70. The molecule has 4 rings (SSSR count). The Bertz CT molecular complexity index is 1260. The third-order valence-electron chi connectivity index (χ3n) is 8.02. The van der Waals surface area contributed by atoms with Crippen LogP contribution in [0.5, 0.6) is 5.75 Å². The number of carboxylic acids is 1. The van der Waals surface area contributed by atoms with Crippen molar-refractivity contribution in [3.05, 3.63) is 53.6 Å². The Kier molecular flexibility index (Phi) is 8.28. The topological polar surface area (TPSA) is 102 Å². The molecule has 0 spiro atoms. The normalized spacial score (nSPS) is 27.4. The van der Waals surface area contributed by atoms with Crippen molar-refractivity contribution in [3.63, 3.8) is 0 Å². The number of carboxylic acid groups (broad SMARTS) is 1. The fourth-order valence-corrected chi connectivity index (χ4v) is 6.90. The molecule has 1 saturated heterocycles. The van der Waals surface area contributed by atoms with E-state index in [1.165, 1.54) is 6.92 Å². The van der Waals surface area contributed by atoms with E-state index in [2.05, 4.69) is 5.32 Å². The number of nitrogens with zero attached hydrogens (tertiary/aromatic N) is 1. The summed E-state index contributed by atoms with van der Waals surface area (Å²) < 4.78 is 11.8. The van der Waals surface area contributed by atoms with Crippen LogP contribution in [0.15, 0.2) is 47.4 Å². The van der Waals surface area contributed by atoms with Crippen molar-refractivity contribution < 1.29 is 29.0 Å². The smallest absolute Gasteiger partial charge is 0.344 e. The van der Waals surface area contributed by atoms with Crippen molar-refractivity contribution in [2.45, 2.75) is 51.2 Å². The van der Waals surface area contributed by atoms with Gasteiger partial charge < -0.3 is 19.9 Å². The number of fused-ring (bicyclic) bond motifs is 1. The van der Waals surface area contributed by atoms with Crippen LogP contribution in [0.25, 0.3) is 0 Å². The highest BCUT2D eigenvalue weighted by Gasteiger charge is 2.65. The van der Waals surface area contributed by atoms with Gasteiger partial charge in [-0.2, -0.15) is 0 Å². The number of amides is 1. The van der Waals surface area contributed by atoms with Gasteiger partial charge in [-0.05, 0) is 31.4 Å². The first-order valence-corrected chi connectivity index (χ1v) is 14.4. The average molecular weight is 556 g/mol. The highest BCUT2D eigenvalue weighted by molar-refractivity contribution is 7.98. The van der Waals surface area contributed by atoms with Gasteiger partial charge in [0.2, 0.25) is 0 Å². The summed E-state index contributed by atoms with van der Waals surface area (Å²) in [6.45, 7) is 7.99. The zero-order valence-corrected chi connectivity index (χ0v) is 24.4. The minimum atomic E-state index is -1.78. The number of ether oxygens (including phenoxy) is 2. The van der Waals surface area contributed by atoms with Crippen LogP contribution in [0.2, 0.25) is 0 Å². The molecule has 9 heteroatoms. The largest absolute Gasteiger partial charge is 0.496 e. The second-order valence-electron chi connectivity index (χ2n) is 11.7. The van der Waals surface area contributed by atoms with Crippen molar-refractivity contribution in [2.24, 2.45) is 10.8 Å². The molecule has 0 saturated carbocycles. The van der Waals surface area contributed by atoms with Crippen LogP contribution < -0.4 is 14.5 Å². The molecular formula is C30H39N2O6S+. The SMILES string of the molecule is COc1ccccc1C1OCC(=O)[N+](CC(C)(C)C)([C@@H]2CCNC[C@@]2(C(C)=O)C(=O)O)c2ccc(SC)cc21. The van der Waals surface area contributed by atoms with Crippen LogP contribution in [0, 0.1) is 10.8 Å². The standard InChI is InChI=1S/C30H38N2O6S/c1-19(33)30(28(35)36)17-31-14-13-25(30)32(18-29(2,3)4)23-12-11-20(39-6)15-22(23)27(38-16-26(32)34)21-9-7-8-10-24(21)37-5/h7-12,15,25,27,31H,13-14,16-18H2,1-6H3/p+1/t25-,27?,30+,32?/m1/s1. The number of methoxy groups -OCH3 is 1. The predicted octanol–water partition coefficient (Wildman–Crippen LogP) is 4.44. The second kappa shape index (κ2) is 11.0. The molecule has 2 heterocycles. The van der Waals surface area contributed by atoms with Crippen LogP contribution in [-0.2, 0) is 19.1 Å². The molecule has 0 bridgehead atoms. The molecule has 2 aromatic carbocycles. The maximum atomic E-state index is 14.6. The fraction of sp³-hybridized carbons (Fsp3) is 0.500. The number of para-hydroxylation sites is 1. The van der Waals surface area contributed by atoms with E-state index in [0.717, 1.165) is 16.0 Å². The highest BCUT2D eigenvalue weighted by atomic mass is 32.2. The first-order valence-electron chi connectivity index (χ1n) is 13.2. The van der Waals surface area contributed by atoms with Gasteiger partial charge in [0.1, 0.15) is 23.6 Å². The van der Waals surface area contributed by atoms with Gasteiger partial charge in [-0.25, -0.2) is 9.28 Å². The number of piperidine rings is 1. The minimum absolute atomic E-state index is 0.0330. The zero-order chi connectivity index (χ0) is 28.6. The van der Waals surface area contributed by atoms with Crippen LogP contribution in [0.3, 0.4) is 0 Å². The number of carbonyl (C=O) groups excluding carboxylic acids is 2. The molecule has 2 aromatic rings. The molecular weight excluding hydrogens is 516 g/mol. The van der Waals surface area contributed by atoms with Crippen molar-refractivity contribution in [2.75, 3.05) is 39.6 Å². The van der Waals surface area contributed by atoms with E-state index in [9.17, 15) is 19.5 Å². The highest BCUT2D eigenvalue weighted by Crippen LogP contribution is 2.50. The van der Waals surface area contributed by atoms with Gasteiger partial charge in [0, 0.05) is 47.0 Å². The number of nitrogens with one attached hydrogen (secondary N) is 1. The van der Waals surface area contributed by atoms with Crippen molar-refractivity contribution in [1.29, 1.82) is 0 Å². The van der Waals surface area contributed by atoms with Gasteiger partial charge >= 0.3 is 11.9 Å². The summed E-state index contributed by atoms with van der Waals surface area (Å²) in [5.74, 6) is -1.28. The molecule has 1 fully saturated rings. The Morgan fingerprint density at radius 1 is 1.21 bits per heavy atom. The second-order valence-corrected chi connectivity index (χ2v) is 12.5. The Morgan fingerprint density at radius 2 is 1.92 bits per heavy atom. The van der Waals surface area contributed by atoms with Gasteiger partial charge in [0.05, 0.1) is 13.7 Å². The molecule has 0 aromatic heterocycles. The van der Waals surface area contributed by atoms with E-state index in [0.29, 0.717) is 30.9 Å². The average Bonchev–Trinajstić information content (AvgIpc) is 3.01. The monoisotopic (exact) mass is 555 g/mol. The fourth-order valence-electron chi connectivity index (χ4n) is 6.45. The Balaban J connectivity index is 2.11. The maximum Gasteiger partial charge on any atom is 0.344 e. The number of quaternary nitrogens is 1. The van der Waals surface area contributed by atoms with Gasteiger partial charge in [-0.15, -0.1) is 11.8 Å². The number of hydrogen-bond donors (Lipinski definition) is 2. The van der Waals surface area contributed by atoms with Crippen molar-refractivity contribution in [3.8, 4) is 5.75 Å². The minimum Gasteiger partial charge on any atom is -0.496 e.